The first-order chi connectivity index (χ1) is 8.47. The molecular formula is C15H24N2S. The molecule has 18 heavy (non-hydrogen) atoms. The van der Waals surface area contributed by atoms with Gasteiger partial charge in [0.15, 0.2) is 0 Å². The summed E-state index contributed by atoms with van der Waals surface area (Å²) in [6, 6.07) is 8.92. The predicted octanol–water partition coefficient (Wildman–Crippen LogP) is 3.11. The van der Waals surface area contributed by atoms with Gasteiger partial charge in [-0.05, 0) is 37.6 Å². The molecule has 0 heterocycles. The van der Waals surface area contributed by atoms with Gasteiger partial charge in [0, 0.05) is 28.8 Å². The zero-order valence-electron chi connectivity index (χ0n) is 11.6. The van der Waals surface area contributed by atoms with Gasteiger partial charge < -0.3 is 10.6 Å². The van der Waals surface area contributed by atoms with Gasteiger partial charge in [0.1, 0.15) is 0 Å². The first-order valence-electron chi connectivity index (χ1n) is 6.70. The number of nitrogens with two attached hydrogens (primary N) is 1. The molecule has 0 atom stereocenters. The Bertz CT molecular complexity index is 382. The van der Waals surface area contributed by atoms with Crippen LogP contribution in [0.1, 0.15) is 32.3 Å². The normalized spacial score (nSPS) is 17.4. The summed E-state index contributed by atoms with van der Waals surface area (Å²) < 4.78 is 0. The van der Waals surface area contributed by atoms with Crippen molar-refractivity contribution in [2.75, 3.05) is 13.6 Å². The highest BCUT2D eigenvalue weighted by molar-refractivity contribution is 7.99. The first-order valence-corrected chi connectivity index (χ1v) is 7.58. The quantitative estimate of drug-likeness (QED) is 0.801. The number of thioether (sulfide) groups is 1. The standard InChI is InChI=1S/C15H24N2S/c1-12(2)18-14-6-4-13(5-7-14)10-17(3)11-15(16)8-9-15/h4-7,12H,8-11,16H2,1-3H3. The van der Waals surface area contributed by atoms with Crippen LogP contribution in [0.2, 0.25) is 0 Å². The highest BCUT2D eigenvalue weighted by Crippen LogP contribution is 2.33. The molecular weight excluding hydrogens is 240 g/mol. The molecule has 2 rings (SSSR count). The van der Waals surface area contributed by atoms with E-state index in [2.05, 4.69) is 50.1 Å². The maximum atomic E-state index is 6.14. The molecule has 3 heteroatoms. The van der Waals surface area contributed by atoms with Crippen LogP contribution in [0.25, 0.3) is 0 Å². The molecule has 1 fully saturated rings. The fourth-order valence-electron chi connectivity index (χ4n) is 2.17. The second kappa shape index (κ2) is 5.64. The summed E-state index contributed by atoms with van der Waals surface area (Å²) in [5, 5.41) is 0.644. The molecule has 1 aromatic rings. The largest absolute Gasteiger partial charge is 0.324 e. The summed E-state index contributed by atoms with van der Waals surface area (Å²) in [5.74, 6) is 0. The molecule has 0 unspecified atom stereocenters. The molecule has 0 saturated heterocycles. The average Bonchev–Trinajstić information content (AvgIpc) is 2.98. The van der Waals surface area contributed by atoms with E-state index < -0.39 is 0 Å². The van der Waals surface area contributed by atoms with Gasteiger partial charge in [-0.25, -0.2) is 0 Å². The van der Waals surface area contributed by atoms with Crippen LogP contribution >= 0.6 is 11.8 Å². The molecule has 100 valence electrons. The molecule has 1 aliphatic carbocycles. The first kappa shape index (κ1) is 13.9. The molecule has 0 aliphatic heterocycles. The molecule has 0 spiro atoms. The minimum absolute atomic E-state index is 0.113. The molecule has 0 radical (unpaired) electrons. The van der Waals surface area contributed by atoms with E-state index in [0.717, 1.165) is 13.1 Å². The van der Waals surface area contributed by atoms with Gasteiger partial charge >= 0.3 is 0 Å². The summed E-state index contributed by atoms with van der Waals surface area (Å²) in [7, 11) is 2.16. The Hall–Kier alpha value is -0.510. The zero-order chi connectivity index (χ0) is 13.2. The van der Waals surface area contributed by atoms with Crippen molar-refractivity contribution >= 4 is 11.8 Å². The van der Waals surface area contributed by atoms with E-state index in [1.807, 2.05) is 11.8 Å². The van der Waals surface area contributed by atoms with Crippen LogP contribution < -0.4 is 5.73 Å². The summed E-state index contributed by atoms with van der Waals surface area (Å²) in [6.07, 6.45) is 2.36. The Labute approximate surface area is 115 Å². The minimum atomic E-state index is 0.113. The molecule has 0 aromatic heterocycles. The van der Waals surface area contributed by atoms with Crippen LogP contribution in [0.5, 0.6) is 0 Å². The molecule has 1 aromatic carbocycles. The van der Waals surface area contributed by atoms with E-state index in [4.69, 9.17) is 5.73 Å². The Morgan fingerprint density at radius 1 is 1.28 bits per heavy atom. The van der Waals surface area contributed by atoms with Crippen LogP contribution in [-0.2, 0) is 6.54 Å². The van der Waals surface area contributed by atoms with Crippen molar-refractivity contribution < 1.29 is 0 Å². The second-order valence-electron chi connectivity index (χ2n) is 5.85. The topological polar surface area (TPSA) is 29.3 Å². The average molecular weight is 264 g/mol. The second-order valence-corrected chi connectivity index (χ2v) is 7.50. The summed E-state index contributed by atoms with van der Waals surface area (Å²) in [4.78, 5) is 3.69. The van der Waals surface area contributed by atoms with Gasteiger partial charge in [-0.1, -0.05) is 26.0 Å². The number of likely N-dealkylation sites (N-methyl/N-ethyl adjacent to an activating group) is 1. The van der Waals surface area contributed by atoms with Crippen LogP contribution in [0.15, 0.2) is 29.2 Å². The van der Waals surface area contributed by atoms with Crippen LogP contribution in [0, 0.1) is 0 Å². The van der Waals surface area contributed by atoms with Gasteiger partial charge in [0.25, 0.3) is 0 Å². The number of nitrogens with zero attached hydrogens (tertiary/aromatic N) is 1. The lowest BCUT2D eigenvalue weighted by molar-refractivity contribution is 0.295. The summed E-state index contributed by atoms with van der Waals surface area (Å²) in [5.41, 5.74) is 7.62. The molecule has 2 N–H and O–H groups in total. The Morgan fingerprint density at radius 2 is 1.89 bits per heavy atom. The van der Waals surface area contributed by atoms with Crippen molar-refractivity contribution in [1.29, 1.82) is 0 Å². The fraction of sp³-hybridized carbons (Fsp3) is 0.600. The fourth-order valence-corrected chi connectivity index (χ4v) is 3.01. The smallest absolute Gasteiger partial charge is 0.0284 e. The number of rotatable bonds is 6. The summed E-state index contributed by atoms with van der Waals surface area (Å²) >= 11 is 1.91. The maximum absolute atomic E-state index is 6.14. The van der Waals surface area contributed by atoms with Crippen molar-refractivity contribution in [2.24, 2.45) is 5.73 Å². The number of benzene rings is 1. The minimum Gasteiger partial charge on any atom is -0.324 e. The lowest BCUT2D eigenvalue weighted by Crippen LogP contribution is -2.36. The van der Waals surface area contributed by atoms with Gasteiger partial charge in [0.05, 0.1) is 0 Å². The monoisotopic (exact) mass is 264 g/mol. The zero-order valence-corrected chi connectivity index (χ0v) is 12.5. The third-order valence-corrected chi connectivity index (χ3v) is 4.24. The van der Waals surface area contributed by atoms with Crippen LogP contribution in [0.3, 0.4) is 0 Å². The Kier molecular flexibility index (Phi) is 4.36. The van der Waals surface area contributed by atoms with Gasteiger partial charge in [-0.3, -0.25) is 0 Å². The van der Waals surface area contributed by atoms with Gasteiger partial charge in [0.2, 0.25) is 0 Å². The van der Waals surface area contributed by atoms with Crippen molar-refractivity contribution in [2.45, 2.75) is 48.9 Å². The van der Waals surface area contributed by atoms with E-state index in [1.165, 1.54) is 23.3 Å². The van der Waals surface area contributed by atoms with Crippen molar-refractivity contribution in [3.8, 4) is 0 Å². The van der Waals surface area contributed by atoms with Crippen molar-refractivity contribution in [3.63, 3.8) is 0 Å². The molecule has 2 nitrogen and oxygen atoms in total. The highest BCUT2D eigenvalue weighted by Gasteiger charge is 2.38. The van der Waals surface area contributed by atoms with Crippen LogP contribution in [0.4, 0.5) is 0 Å². The lowest BCUT2D eigenvalue weighted by Gasteiger charge is -2.20. The van der Waals surface area contributed by atoms with Gasteiger partial charge in [-0.15, -0.1) is 11.8 Å². The molecule has 1 aliphatic rings. The Balaban J connectivity index is 1.85. The van der Waals surface area contributed by atoms with E-state index >= 15 is 0 Å². The summed E-state index contributed by atoms with van der Waals surface area (Å²) in [6.45, 7) is 6.45. The lowest BCUT2D eigenvalue weighted by atomic mass is 10.2. The van der Waals surface area contributed by atoms with E-state index in [9.17, 15) is 0 Å². The molecule has 0 amide bonds. The third kappa shape index (κ3) is 4.30. The van der Waals surface area contributed by atoms with Crippen molar-refractivity contribution in [1.82, 2.24) is 4.90 Å². The number of hydrogen-bond acceptors (Lipinski definition) is 3. The molecule has 0 bridgehead atoms. The SMILES string of the molecule is CC(C)Sc1ccc(CN(C)CC2(N)CC2)cc1. The van der Waals surface area contributed by atoms with E-state index in [-0.39, 0.29) is 5.54 Å². The highest BCUT2D eigenvalue weighted by atomic mass is 32.2. The van der Waals surface area contributed by atoms with Crippen molar-refractivity contribution in [3.05, 3.63) is 29.8 Å². The maximum Gasteiger partial charge on any atom is 0.0284 e. The molecule has 1 saturated carbocycles. The van der Waals surface area contributed by atoms with E-state index in [0.29, 0.717) is 5.25 Å². The van der Waals surface area contributed by atoms with Gasteiger partial charge in [-0.2, -0.15) is 0 Å². The Morgan fingerprint density at radius 3 is 2.39 bits per heavy atom. The van der Waals surface area contributed by atoms with E-state index in [1.54, 1.807) is 0 Å². The number of hydrogen-bond donors (Lipinski definition) is 1. The van der Waals surface area contributed by atoms with Crippen LogP contribution in [-0.4, -0.2) is 29.3 Å². The third-order valence-electron chi connectivity index (χ3n) is 3.22. The predicted molar refractivity (Wildman–Crippen MR) is 79.9 cm³/mol.